The first-order valence-electron chi connectivity index (χ1n) is 8.89. The number of benzene rings is 1. The Balaban J connectivity index is 1.79. The highest BCUT2D eigenvalue weighted by Crippen LogP contribution is 2.31. The van der Waals surface area contributed by atoms with Gasteiger partial charge in [0.1, 0.15) is 6.04 Å². The molecule has 3 rings (SSSR count). The maximum Gasteiger partial charge on any atom is 0.320 e. The summed E-state index contributed by atoms with van der Waals surface area (Å²) >= 11 is 1.62. The van der Waals surface area contributed by atoms with Crippen LogP contribution in [-0.2, 0) is 11.3 Å². The molecular weight excluding hydrogens is 358 g/mol. The Labute approximate surface area is 163 Å². The molecule has 1 aromatic carbocycles. The fourth-order valence-corrected chi connectivity index (χ4v) is 4.22. The molecular formula is C21H23N3O2S. The number of likely N-dealkylation sites (N-methyl/N-ethyl adjacent to an activating group) is 1. The molecule has 0 spiro atoms. The molecule has 0 amide bonds. The van der Waals surface area contributed by atoms with Gasteiger partial charge in [0.05, 0.1) is 4.88 Å². The fraction of sp³-hybridized carbons (Fsp3) is 0.286. The molecule has 140 valence electrons. The first-order chi connectivity index (χ1) is 13.0. The van der Waals surface area contributed by atoms with Gasteiger partial charge in [-0.15, -0.1) is 11.3 Å². The van der Waals surface area contributed by atoms with Gasteiger partial charge in [0.2, 0.25) is 0 Å². The first-order valence-corrected chi connectivity index (χ1v) is 9.71. The van der Waals surface area contributed by atoms with E-state index in [1.165, 1.54) is 0 Å². The van der Waals surface area contributed by atoms with Crippen LogP contribution in [0.25, 0.3) is 21.8 Å². The van der Waals surface area contributed by atoms with Gasteiger partial charge < -0.3 is 5.11 Å². The minimum absolute atomic E-state index is 0.476. The number of carboxylic acid groups (broad SMARTS) is 1. The summed E-state index contributed by atoms with van der Waals surface area (Å²) < 4.78 is 0. The Morgan fingerprint density at radius 1 is 1.19 bits per heavy atom. The van der Waals surface area contributed by atoms with Crippen LogP contribution in [0.5, 0.6) is 0 Å². The topological polar surface area (TPSA) is 66.3 Å². The van der Waals surface area contributed by atoms with Gasteiger partial charge in [-0.1, -0.05) is 37.3 Å². The second-order valence-corrected chi connectivity index (χ2v) is 7.69. The molecule has 27 heavy (non-hydrogen) atoms. The van der Waals surface area contributed by atoms with Gasteiger partial charge in [0.25, 0.3) is 0 Å². The van der Waals surface area contributed by atoms with Crippen molar-refractivity contribution in [1.29, 1.82) is 0 Å². The third kappa shape index (κ3) is 4.40. The van der Waals surface area contributed by atoms with Crippen LogP contribution in [0.2, 0.25) is 0 Å². The molecule has 2 aromatic heterocycles. The molecule has 3 aromatic rings. The van der Waals surface area contributed by atoms with Crippen LogP contribution < -0.4 is 0 Å². The minimum atomic E-state index is -0.783. The number of hydrogen-bond acceptors (Lipinski definition) is 5. The Morgan fingerprint density at radius 3 is 2.44 bits per heavy atom. The molecule has 0 fully saturated rings. The number of nitrogens with zero attached hydrogens (tertiary/aromatic N) is 3. The van der Waals surface area contributed by atoms with Crippen molar-refractivity contribution in [2.75, 3.05) is 7.05 Å². The van der Waals surface area contributed by atoms with Crippen LogP contribution in [0, 0.1) is 6.92 Å². The number of aromatic nitrogens is 2. The zero-order valence-corrected chi connectivity index (χ0v) is 16.5. The standard InChI is InChI=1S/C21H23N3O2S/c1-4-17(21(25)26)24(3)13-19-14(2)10-18(27-19)20-22-11-16(12-23-20)15-8-6-5-7-9-15/h5-12,17H,4,13H2,1-3H3,(H,25,26). The second-order valence-electron chi connectivity index (χ2n) is 6.56. The van der Waals surface area contributed by atoms with Gasteiger partial charge >= 0.3 is 5.97 Å². The van der Waals surface area contributed by atoms with Crippen LogP contribution in [0.15, 0.2) is 48.8 Å². The lowest BCUT2D eigenvalue weighted by molar-refractivity contribution is -0.143. The van der Waals surface area contributed by atoms with Crippen molar-refractivity contribution in [2.45, 2.75) is 32.9 Å². The van der Waals surface area contributed by atoms with Gasteiger partial charge in [0.15, 0.2) is 5.82 Å². The van der Waals surface area contributed by atoms with Crippen LogP contribution in [-0.4, -0.2) is 39.0 Å². The van der Waals surface area contributed by atoms with E-state index in [4.69, 9.17) is 0 Å². The molecule has 0 saturated heterocycles. The van der Waals surface area contributed by atoms with Gasteiger partial charge in [-0.3, -0.25) is 9.69 Å². The van der Waals surface area contributed by atoms with E-state index in [2.05, 4.69) is 16.0 Å². The molecule has 0 aliphatic carbocycles. The third-order valence-electron chi connectivity index (χ3n) is 4.60. The van der Waals surface area contributed by atoms with Crippen molar-refractivity contribution >= 4 is 17.3 Å². The molecule has 0 saturated carbocycles. The number of aliphatic carboxylic acids is 1. The quantitative estimate of drug-likeness (QED) is 0.654. The summed E-state index contributed by atoms with van der Waals surface area (Å²) in [5.74, 6) is -0.0868. The van der Waals surface area contributed by atoms with Crippen LogP contribution in [0.3, 0.4) is 0 Å². The monoisotopic (exact) mass is 381 g/mol. The predicted molar refractivity (Wildman–Crippen MR) is 109 cm³/mol. The number of carboxylic acids is 1. The lowest BCUT2D eigenvalue weighted by atomic mass is 10.1. The summed E-state index contributed by atoms with van der Waals surface area (Å²) in [4.78, 5) is 24.4. The molecule has 1 atom stereocenters. The number of rotatable bonds is 7. The molecule has 0 radical (unpaired) electrons. The average Bonchev–Trinajstić information content (AvgIpc) is 3.03. The maximum absolute atomic E-state index is 11.4. The van der Waals surface area contributed by atoms with Crippen molar-refractivity contribution in [3.63, 3.8) is 0 Å². The molecule has 2 heterocycles. The summed E-state index contributed by atoms with van der Waals surface area (Å²) in [6, 6.07) is 11.6. The van der Waals surface area contributed by atoms with Crippen molar-refractivity contribution in [3.8, 4) is 21.8 Å². The summed E-state index contributed by atoms with van der Waals surface area (Å²) in [5, 5.41) is 9.34. The van der Waals surface area contributed by atoms with E-state index in [9.17, 15) is 9.90 Å². The largest absolute Gasteiger partial charge is 0.480 e. The average molecular weight is 382 g/mol. The zero-order chi connectivity index (χ0) is 19.4. The number of carbonyl (C=O) groups is 1. The molecule has 0 aliphatic heterocycles. The highest BCUT2D eigenvalue weighted by Gasteiger charge is 2.22. The first kappa shape index (κ1) is 19.2. The highest BCUT2D eigenvalue weighted by atomic mass is 32.1. The Bertz CT molecular complexity index is 907. The molecule has 1 unspecified atom stereocenters. The van der Waals surface area contributed by atoms with Gasteiger partial charge in [-0.05, 0) is 37.6 Å². The van der Waals surface area contributed by atoms with E-state index in [0.717, 1.165) is 26.4 Å². The number of hydrogen-bond donors (Lipinski definition) is 1. The van der Waals surface area contributed by atoms with Crippen LogP contribution in [0.4, 0.5) is 0 Å². The number of aryl methyl sites for hydroxylation is 1. The molecule has 0 bridgehead atoms. The minimum Gasteiger partial charge on any atom is -0.480 e. The number of thiophene rings is 1. The van der Waals surface area contributed by atoms with Crippen molar-refractivity contribution in [3.05, 3.63) is 59.2 Å². The summed E-state index contributed by atoms with van der Waals surface area (Å²) in [6.45, 7) is 4.54. The Hall–Kier alpha value is -2.57. The lowest BCUT2D eigenvalue weighted by Crippen LogP contribution is -2.37. The van der Waals surface area contributed by atoms with E-state index in [-0.39, 0.29) is 0 Å². The van der Waals surface area contributed by atoms with Crippen LogP contribution in [0.1, 0.15) is 23.8 Å². The van der Waals surface area contributed by atoms with Gasteiger partial charge in [0, 0.05) is 29.4 Å². The molecule has 5 nitrogen and oxygen atoms in total. The molecule has 1 N–H and O–H groups in total. The zero-order valence-electron chi connectivity index (χ0n) is 15.7. The van der Waals surface area contributed by atoms with E-state index in [1.54, 1.807) is 11.3 Å². The molecule has 6 heteroatoms. The fourth-order valence-electron chi connectivity index (χ4n) is 3.03. The van der Waals surface area contributed by atoms with E-state index in [1.807, 2.05) is 68.5 Å². The maximum atomic E-state index is 11.4. The predicted octanol–water partition coefficient (Wildman–Crippen LogP) is 4.48. The van der Waals surface area contributed by atoms with E-state index < -0.39 is 12.0 Å². The van der Waals surface area contributed by atoms with Crippen molar-refractivity contribution < 1.29 is 9.90 Å². The summed E-state index contributed by atoms with van der Waals surface area (Å²) in [6.07, 6.45) is 4.26. The second kappa shape index (κ2) is 8.41. The third-order valence-corrected chi connectivity index (χ3v) is 5.81. The van der Waals surface area contributed by atoms with Gasteiger partial charge in [-0.25, -0.2) is 9.97 Å². The van der Waals surface area contributed by atoms with Crippen LogP contribution >= 0.6 is 11.3 Å². The Kier molecular flexibility index (Phi) is 5.98. The SMILES string of the molecule is CCC(C(=O)O)N(C)Cc1sc(-c2ncc(-c3ccccc3)cn2)cc1C. The Morgan fingerprint density at radius 2 is 1.85 bits per heavy atom. The summed E-state index contributed by atoms with van der Waals surface area (Å²) in [7, 11) is 1.85. The highest BCUT2D eigenvalue weighted by molar-refractivity contribution is 7.15. The van der Waals surface area contributed by atoms with E-state index in [0.29, 0.717) is 18.8 Å². The smallest absolute Gasteiger partial charge is 0.320 e. The van der Waals surface area contributed by atoms with Crippen molar-refractivity contribution in [2.24, 2.45) is 0 Å². The molecule has 0 aliphatic rings. The van der Waals surface area contributed by atoms with E-state index >= 15 is 0 Å². The van der Waals surface area contributed by atoms with Crippen molar-refractivity contribution in [1.82, 2.24) is 14.9 Å². The summed E-state index contributed by atoms with van der Waals surface area (Å²) in [5.41, 5.74) is 3.21. The normalized spacial score (nSPS) is 12.3. The lowest BCUT2D eigenvalue weighted by Gasteiger charge is -2.23. The van der Waals surface area contributed by atoms with Gasteiger partial charge in [-0.2, -0.15) is 0 Å².